The van der Waals surface area contributed by atoms with Gasteiger partial charge in [-0.15, -0.1) is 0 Å². The molecule has 0 heterocycles. The quantitative estimate of drug-likeness (QED) is 0.892. The van der Waals surface area contributed by atoms with Crippen molar-refractivity contribution in [1.82, 2.24) is 0 Å². The van der Waals surface area contributed by atoms with Crippen LogP contribution >= 0.6 is 0 Å². The lowest BCUT2D eigenvalue weighted by molar-refractivity contribution is 0.0642. The van der Waals surface area contributed by atoms with Crippen molar-refractivity contribution in [3.05, 3.63) is 48.0 Å². The lowest BCUT2D eigenvalue weighted by Gasteiger charge is -2.28. The molecule has 108 valence electrons. The summed E-state index contributed by atoms with van der Waals surface area (Å²) in [6, 6.07) is 16.6. The molecule has 0 aromatic heterocycles. The zero-order valence-electron chi connectivity index (χ0n) is 12.4. The van der Waals surface area contributed by atoms with Crippen molar-refractivity contribution >= 4 is 10.8 Å². The summed E-state index contributed by atoms with van der Waals surface area (Å²) in [5, 5.41) is 22.8. The van der Waals surface area contributed by atoms with Crippen LogP contribution in [0.25, 0.3) is 10.8 Å². The van der Waals surface area contributed by atoms with E-state index in [1.165, 1.54) is 0 Å². The van der Waals surface area contributed by atoms with Gasteiger partial charge in [-0.3, -0.25) is 0 Å². The number of nitrogens with zero attached hydrogens (tertiary/aromatic N) is 1. The van der Waals surface area contributed by atoms with Crippen LogP contribution in [0.1, 0.15) is 44.3 Å². The van der Waals surface area contributed by atoms with Crippen LogP contribution in [0.2, 0.25) is 0 Å². The summed E-state index contributed by atoms with van der Waals surface area (Å²) < 4.78 is 0. The zero-order valence-corrected chi connectivity index (χ0v) is 12.4. The van der Waals surface area contributed by atoms with Gasteiger partial charge in [-0.2, -0.15) is 5.26 Å². The third-order valence-electron chi connectivity index (χ3n) is 5.06. The SMILES string of the molecule is CCC1CCC(C#N)(C(O)c2ccc3ccccc3c2)C1. The zero-order chi connectivity index (χ0) is 14.9. The Morgan fingerprint density at radius 3 is 2.71 bits per heavy atom. The summed E-state index contributed by atoms with van der Waals surface area (Å²) in [5.74, 6) is 0.569. The van der Waals surface area contributed by atoms with Crippen molar-refractivity contribution in [3.8, 4) is 6.07 Å². The molecule has 0 aliphatic heterocycles. The van der Waals surface area contributed by atoms with Crippen molar-refractivity contribution in [2.75, 3.05) is 0 Å². The number of hydrogen-bond donors (Lipinski definition) is 1. The molecule has 2 aromatic carbocycles. The summed E-state index contributed by atoms with van der Waals surface area (Å²) in [7, 11) is 0. The van der Waals surface area contributed by atoms with E-state index in [-0.39, 0.29) is 0 Å². The van der Waals surface area contributed by atoms with Gasteiger partial charge >= 0.3 is 0 Å². The predicted octanol–water partition coefficient (Wildman–Crippen LogP) is 4.59. The molecule has 1 fully saturated rings. The smallest absolute Gasteiger partial charge is 0.0976 e. The van der Waals surface area contributed by atoms with E-state index in [9.17, 15) is 10.4 Å². The van der Waals surface area contributed by atoms with Gasteiger partial charge < -0.3 is 5.11 Å². The molecule has 0 amide bonds. The maximum atomic E-state index is 10.8. The molecule has 2 aromatic rings. The van der Waals surface area contributed by atoms with E-state index in [4.69, 9.17) is 0 Å². The summed E-state index contributed by atoms with van der Waals surface area (Å²) in [6.45, 7) is 2.17. The van der Waals surface area contributed by atoms with Gasteiger partial charge in [0.2, 0.25) is 0 Å². The molecule has 0 radical (unpaired) electrons. The summed E-state index contributed by atoms with van der Waals surface area (Å²) in [6.07, 6.45) is 3.07. The van der Waals surface area contributed by atoms with Gasteiger partial charge in [0.25, 0.3) is 0 Å². The third kappa shape index (κ3) is 2.43. The molecule has 0 spiro atoms. The minimum Gasteiger partial charge on any atom is -0.387 e. The highest BCUT2D eigenvalue weighted by molar-refractivity contribution is 5.83. The van der Waals surface area contributed by atoms with Crippen molar-refractivity contribution in [1.29, 1.82) is 5.26 Å². The first kappa shape index (κ1) is 14.1. The first-order valence-corrected chi connectivity index (χ1v) is 7.76. The molecule has 3 unspecified atom stereocenters. The lowest BCUT2D eigenvalue weighted by atomic mass is 9.77. The average Bonchev–Trinajstić information content (AvgIpc) is 2.98. The Bertz CT molecular complexity index is 687. The third-order valence-corrected chi connectivity index (χ3v) is 5.06. The number of aliphatic hydroxyl groups excluding tert-OH is 1. The van der Waals surface area contributed by atoms with Crippen LogP contribution < -0.4 is 0 Å². The number of aliphatic hydroxyl groups is 1. The summed E-state index contributed by atoms with van der Waals surface area (Å²) in [4.78, 5) is 0. The van der Waals surface area contributed by atoms with Crippen LogP contribution in [0.15, 0.2) is 42.5 Å². The van der Waals surface area contributed by atoms with Crippen molar-refractivity contribution in [2.45, 2.75) is 38.7 Å². The van der Waals surface area contributed by atoms with Crippen molar-refractivity contribution in [2.24, 2.45) is 11.3 Å². The van der Waals surface area contributed by atoms with Crippen molar-refractivity contribution < 1.29 is 5.11 Å². The Morgan fingerprint density at radius 1 is 1.29 bits per heavy atom. The van der Waals surface area contributed by atoms with Gasteiger partial charge in [-0.1, -0.05) is 49.7 Å². The van der Waals surface area contributed by atoms with Crippen LogP contribution in [0.3, 0.4) is 0 Å². The fourth-order valence-corrected chi connectivity index (χ4v) is 3.64. The standard InChI is InChI=1S/C19H21NO/c1-2-14-9-10-19(12-14,13-20)18(21)17-8-7-15-5-3-4-6-16(15)11-17/h3-8,11,14,18,21H,2,9-10,12H2,1H3. The highest BCUT2D eigenvalue weighted by atomic mass is 16.3. The summed E-state index contributed by atoms with van der Waals surface area (Å²) in [5.41, 5.74) is 0.260. The number of benzene rings is 2. The molecule has 1 N–H and O–H groups in total. The molecular formula is C19H21NO. The van der Waals surface area contributed by atoms with E-state index in [1.807, 2.05) is 36.4 Å². The van der Waals surface area contributed by atoms with E-state index in [0.717, 1.165) is 42.0 Å². The monoisotopic (exact) mass is 279 g/mol. The molecule has 2 nitrogen and oxygen atoms in total. The Morgan fingerprint density at radius 2 is 2.05 bits per heavy atom. The van der Waals surface area contributed by atoms with E-state index >= 15 is 0 Å². The number of hydrogen-bond acceptors (Lipinski definition) is 2. The highest BCUT2D eigenvalue weighted by Crippen LogP contribution is 2.50. The first-order chi connectivity index (χ1) is 10.2. The molecule has 21 heavy (non-hydrogen) atoms. The van der Waals surface area contributed by atoms with Crippen LogP contribution in [-0.4, -0.2) is 5.11 Å². The van der Waals surface area contributed by atoms with Gasteiger partial charge in [-0.05, 0) is 47.6 Å². The second kappa shape index (κ2) is 5.50. The predicted molar refractivity (Wildman–Crippen MR) is 84.6 cm³/mol. The van der Waals surface area contributed by atoms with Gasteiger partial charge in [0.1, 0.15) is 0 Å². The average molecular weight is 279 g/mol. The Hall–Kier alpha value is -1.85. The second-order valence-electron chi connectivity index (χ2n) is 6.29. The Balaban J connectivity index is 1.95. The lowest BCUT2D eigenvalue weighted by Crippen LogP contribution is -2.24. The molecule has 3 atom stereocenters. The largest absolute Gasteiger partial charge is 0.387 e. The van der Waals surface area contributed by atoms with Crippen LogP contribution in [0.5, 0.6) is 0 Å². The van der Waals surface area contributed by atoms with Crippen LogP contribution in [0.4, 0.5) is 0 Å². The molecule has 1 saturated carbocycles. The number of rotatable bonds is 3. The van der Waals surface area contributed by atoms with E-state index in [1.54, 1.807) is 0 Å². The molecule has 0 saturated heterocycles. The first-order valence-electron chi connectivity index (χ1n) is 7.76. The molecule has 1 aliphatic carbocycles. The van der Waals surface area contributed by atoms with Gasteiger partial charge in [0, 0.05) is 0 Å². The number of nitriles is 1. The summed E-state index contributed by atoms with van der Waals surface area (Å²) >= 11 is 0. The van der Waals surface area contributed by atoms with Crippen molar-refractivity contribution in [3.63, 3.8) is 0 Å². The minimum absolute atomic E-state index is 0.569. The molecule has 3 rings (SSSR count). The normalized spacial score (nSPS) is 26.6. The topological polar surface area (TPSA) is 44.0 Å². The Kier molecular flexibility index (Phi) is 3.69. The fraction of sp³-hybridized carbons (Fsp3) is 0.421. The van der Waals surface area contributed by atoms with E-state index in [2.05, 4.69) is 19.1 Å². The van der Waals surface area contributed by atoms with Gasteiger partial charge in [0.15, 0.2) is 0 Å². The number of fused-ring (bicyclic) bond motifs is 1. The highest BCUT2D eigenvalue weighted by Gasteiger charge is 2.45. The van der Waals surface area contributed by atoms with E-state index in [0.29, 0.717) is 5.92 Å². The van der Waals surface area contributed by atoms with Crippen LogP contribution in [0, 0.1) is 22.7 Å². The van der Waals surface area contributed by atoms with Crippen LogP contribution in [-0.2, 0) is 0 Å². The maximum Gasteiger partial charge on any atom is 0.0976 e. The molecule has 0 bridgehead atoms. The van der Waals surface area contributed by atoms with E-state index < -0.39 is 11.5 Å². The minimum atomic E-state index is -0.691. The van der Waals surface area contributed by atoms with Gasteiger partial charge in [-0.25, -0.2) is 0 Å². The molecule has 2 heteroatoms. The second-order valence-corrected chi connectivity index (χ2v) is 6.29. The maximum absolute atomic E-state index is 10.8. The molecular weight excluding hydrogens is 258 g/mol. The fourth-order valence-electron chi connectivity index (χ4n) is 3.64. The molecule has 1 aliphatic rings. The Labute approximate surface area is 126 Å². The van der Waals surface area contributed by atoms with Gasteiger partial charge in [0.05, 0.1) is 17.6 Å².